The number of carbonyl (C=O) groups excluding carboxylic acids is 2. The number of nitrogens with zero attached hydrogens (tertiary/aromatic N) is 3. The zero-order valence-electron chi connectivity index (χ0n) is 20.5. The van der Waals surface area contributed by atoms with Gasteiger partial charge in [0.1, 0.15) is 16.4 Å². The topological polar surface area (TPSA) is 86.1 Å². The maximum Gasteiger partial charge on any atom is 0.341 e. The van der Waals surface area contributed by atoms with E-state index < -0.39 is 5.97 Å². The summed E-state index contributed by atoms with van der Waals surface area (Å²) in [6.45, 7) is 4.70. The van der Waals surface area contributed by atoms with Crippen LogP contribution in [0.3, 0.4) is 0 Å². The highest BCUT2D eigenvalue weighted by molar-refractivity contribution is 7.99. The standard InChI is InChI=1S/C27H28N4O3S2/c1-4-31-21(16-15-19-11-7-5-8-12-19)29-30-27(31)35-17-22(32)28-25-24(26(33)34-3)23(18(2)36-25)20-13-9-6-10-14-20/h5-14H,4,15-17H2,1-3H3,(H,28,32). The number of methoxy groups -OCH3 is 1. The maximum atomic E-state index is 12.9. The van der Waals surface area contributed by atoms with Gasteiger partial charge in [-0.25, -0.2) is 4.79 Å². The molecule has 1 amide bonds. The molecule has 2 aromatic carbocycles. The lowest BCUT2D eigenvalue weighted by molar-refractivity contribution is -0.113. The second-order valence-corrected chi connectivity index (χ2v) is 10.2. The number of carbonyl (C=O) groups is 2. The smallest absolute Gasteiger partial charge is 0.341 e. The van der Waals surface area contributed by atoms with E-state index in [2.05, 4.69) is 27.6 Å². The molecule has 0 aliphatic rings. The molecule has 7 nitrogen and oxygen atoms in total. The summed E-state index contributed by atoms with van der Waals surface area (Å²) < 4.78 is 7.09. The number of anilines is 1. The Bertz CT molecular complexity index is 1330. The number of aromatic nitrogens is 3. The van der Waals surface area contributed by atoms with Crippen molar-refractivity contribution in [2.75, 3.05) is 18.2 Å². The summed E-state index contributed by atoms with van der Waals surface area (Å²) in [5.74, 6) is 0.353. The maximum absolute atomic E-state index is 12.9. The highest BCUT2D eigenvalue weighted by Crippen LogP contribution is 2.40. The predicted molar refractivity (Wildman–Crippen MR) is 145 cm³/mol. The second-order valence-electron chi connectivity index (χ2n) is 8.06. The summed E-state index contributed by atoms with van der Waals surface area (Å²) >= 11 is 2.71. The summed E-state index contributed by atoms with van der Waals surface area (Å²) in [6.07, 6.45) is 1.65. The molecular formula is C27H28N4O3S2. The summed E-state index contributed by atoms with van der Waals surface area (Å²) in [4.78, 5) is 26.5. The van der Waals surface area contributed by atoms with Gasteiger partial charge in [-0.2, -0.15) is 0 Å². The minimum Gasteiger partial charge on any atom is -0.465 e. The summed E-state index contributed by atoms with van der Waals surface area (Å²) in [5, 5.41) is 12.8. The highest BCUT2D eigenvalue weighted by atomic mass is 32.2. The summed E-state index contributed by atoms with van der Waals surface area (Å²) in [7, 11) is 1.35. The monoisotopic (exact) mass is 520 g/mol. The average Bonchev–Trinajstić information content (AvgIpc) is 3.46. The summed E-state index contributed by atoms with van der Waals surface area (Å²) in [5.41, 5.74) is 3.31. The van der Waals surface area contributed by atoms with Gasteiger partial charge in [0.05, 0.1) is 12.9 Å². The fraction of sp³-hybridized carbons (Fsp3) is 0.259. The second kappa shape index (κ2) is 12.0. The third-order valence-electron chi connectivity index (χ3n) is 5.71. The van der Waals surface area contributed by atoms with Crippen molar-refractivity contribution in [3.05, 3.63) is 82.5 Å². The Balaban J connectivity index is 1.45. The number of thiophene rings is 1. The highest BCUT2D eigenvalue weighted by Gasteiger charge is 2.25. The average molecular weight is 521 g/mol. The Morgan fingerprint density at radius 2 is 1.72 bits per heavy atom. The van der Waals surface area contributed by atoms with E-state index in [0.29, 0.717) is 15.7 Å². The minimum absolute atomic E-state index is 0.148. The van der Waals surface area contributed by atoms with Crippen LogP contribution in [0.25, 0.3) is 11.1 Å². The molecule has 1 N–H and O–H groups in total. The van der Waals surface area contributed by atoms with Gasteiger partial charge in [0, 0.05) is 23.4 Å². The number of nitrogens with one attached hydrogen (secondary N) is 1. The zero-order valence-corrected chi connectivity index (χ0v) is 22.1. The lowest BCUT2D eigenvalue weighted by Gasteiger charge is -2.09. The van der Waals surface area contributed by atoms with Crippen LogP contribution in [-0.2, 0) is 28.9 Å². The van der Waals surface area contributed by atoms with Crippen molar-refractivity contribution in [3.8, 4) is 11.1 Å². The van der Waals surface area contributed by atoms with Crippen LogP contribution in [0.1, 0.15) is 33.5 Å². The molecule has 9 heteroatoms. The van der Waals surface area contributed by atoms with Gasteiger partial charge in [-0.05, 0) is 31.4 Å². The van der Waals surface area contributed by atoms with Gasteiger partial charge in [0.15, 0.2) is 5.16 Å². The number of ether oxygens (including phenoxy) is 1. The van der Waals surface area contributed by atoms with Crippen LogP contribution in [0.5, 0.6) is 0 Å². The van der Waals surface area contributed by atoms with Crippen molar-refractivity contribution in [1.29, 1.82) is 0 Å². The molecule has 2 aromatic heterocycles. The molecule has 0 bridgehead atoms. The van der Waals surface area contributed by atoms with E-state index in [-0.39, 0.29) is 11.7 Å². The van der Waals surface area contributed by atoms with Crippen molar-refractivity contribution in [2.45, 2.75) is 38.4 Å². The molecule has 0 radical (unpaired) electrons. The van der Waals surface area contributed by atoms with Crippen LogP contribution in [-0.4, -0.2) is 39.5 Å². The van der Waals surface area contributed by atoms with Gasteiger partial charge in [0.25, 0.3) is 0 Å². The van der Waals surface area contributed by atoms with E-state index in [9.17, 15) is 9.59 Å². The zero-order chi connectivity index (χ0) is 25.5. The van der Waals surface area contributed by atoms with E-state index in [1.54, 1.807) is 0 Å². The van der Waals surface area contributed by atoms with Crippen LogP contribution in [0, 0.1) is 6.92 Å². The molecule has 0 saturated carbocycles. The Kier molecular flexibility index (Phi) is 8.56. The molecule has 0 fully saturated rings. The number of benzene rings is 2. The molecule has 0 saturated heterocycles. The van der Waals surface area contributed by atoms with Gasteiger partial charge >= 0.3 is 5.97 Å². The third kappa shape index (κ3) is 5.85. The van der Waals surface area contributed by atoms with Gasteiger partial charge in [-0.15, -0.1) is 21.5 Å². The van der Waals surface area contributed by atoms with Gasteiger partial charge < -0.3 is 14.6 Å². The van der Waals surface area contributed by atoms with E-state index in [1.165, 1.54) is 35.8 Å². The molecular weight excluding hydrogens is 492 g/mol. The quantitative estimate of drug-likeness (QED) is 0.215. The lowest BCUT2D eigenvalue weighted by atomic mass is 10.0. The molecule has 186 valence electrons. The number of esters is 1. The molecule has 0 atom stereocenters. The van der Waals surface area contributed by atoms with Gasteiger partial charge in [-0.1, -0.05) is 72.4 Å². The van der Waals surface area contributed by atoms with Crippen LogP contribution in [0.15, 0.2) is 65.8 Å². The first-order valence-electron chi connectivity index (χ1n) is 11.7. The first-order valence-corrected chi connectivity index (χ1v) is 13.5. The van der Waals surface area contributed by atoms with Crippen molar-refractivity contribution >= 4 is 40.0 Å². The van der Waals surface area contributed by atoms with Crippen LogP contribution < -0.4 is 5.32 Å². The Morgan fingerprint density at radius 3 is 2.39 bits per heavy atom. The first kappa shape index (κ1) is 25.7. The Morgan fingerprint density at radius 1 is 1.03 bits per heavy atom. The first-order chi connectivity index (χ1) is 17.5. The molecule has 0 spiro atoms. The number of thioether (sulfide) groups is 1. The molecule has 4 rings (SSSR count). The van der Waals surface area contributed by atoms with Crippen molar-refractivity contribution in [3.63, 3.8) is 0 Å². The molecule has 0 aliphatic carbocycles. The molecule has 0 aliphatic heterocycles. The van der Waals surface area contributed by atoms with Gasteiger partial charge in [-0.3, -0.25) is 4.79 Å². The van der Waals surface area contributed by atoms with E-state index in [1.807, 2.05) is 66.9 Å². The van der Waals surface area contributed by atoms with Crippen LogP contribution >= 0.6 is 23.1 Å². The van der Waals surface area contributed by atoms with Crippen LogP contribution in [0.2, 0.25) is 0 Å². The van der Waals surface area contributed by atoms with Gasteiger partial charge in [0.2, 0.25) is 5.91 Å². The molecule has 4 aromatic rings. The van der Waals surface area contributed by atoms with Crippen molar-refractivity contribution < 1.29 is 14.3 Å². The minimum atomic E-state index is -0.477. The SMILES string of the molecule is CCn1c(CCc2ccccc2)nnc1SCC(=O)Nc1sc(C)c(-c2ccccc2)c1C(=O)OC. The number of hydrogen-bond acceptors (Lipinski definition) is 7. The summed E-state index contributed by atoms with van der Waals surface area (Å²) in [6, 6.07) is 19.9. The van der Waals surface area contributed by atoms with E-state index in [0.717, 1.165) is 41.2 Å². The third-order valence-corrected chi connectivity index (χ3v) is 7.70. The number of aryl methyl sites for hydroxylation is 3. The Hall–Kier alpha value is -3.43. The van der Waals surface area contributed by atoms with E-state index in [4.69, 9.17) is 4.74 Å². The van der Waals surface area contributed by atoms with E-state index >= 15 is 0 Å². The number of rotatable bonds is 10. The van der Waals surface area contributed by atoms with Crippen LogP contribution in [0.4, 0.5) is 5.00 Å². The molecule has 36 heavy (non-hydrogen) atoms. The van der Waals surface area contributed by atoms with Crippen molar-refractivity contribution in [1.82, 2.24) is 14.8 Å². The number of hydrogen-bond donors (Lipinski definition) is 1. The fourth-order valence-corrected chi connectivity index (χ4v) is 5.91. The molecule has 0 unspecified atom stereocenters. The van der Waals surface area contributed by atoms with Crippen molar-refractivity contribution in [2.24, 2.45) is 0 Å². The predicted octanol–water partition coefficient (Wildman–Crippen LogP) is 5.64. The fourth-order valence-electron chi connectivity index (χ4n) is 4.00. The normalized spacial score (nSPS) is 10.9. The largest absolute Gasteiger partial charge is 0.465 e. The number of amides is 1. The molecule has 2 heterocycles. The lowest BCUT2D eigenvalue weighted by Crippen LogP contribution is -2.16. The Labute approximate surface area is 218 Å².